The van der Waals surface area contributed by atoms with Gasteiger partial charge in [-0.3, -0.25) is 0 Å². The summed E-state index contributed by atoms with van der Waals surface area (Å²) in [6, 6.07) is 7.89. The summed E-state index contributed by atoms with van der Waals surface area (Å²) in [7, 11) is -3.29. The summed E-state index contributed by atoms with van der Waals surface area (Å²) in [5.74, 6) is 0.520. The molecule has 0 spiro atoms. The van der Waals surface area contributed by atoms with Crippen molar-refractivity contribution in [1.82, 2.24) is 9.97 Å². The average molecular weight is 275 g/mol. The van der Waals surface area contributed by atoms with E-state index in [2.05, 4.69) is 9.97 Å². The molecule has 7 heteroatoms. The van der Waals surface area contributed by atoms with Gasteiger partial charge in [-0.05, 0) is 18.2 Å². The highest BCUT2D eigenvalue weighted by atomic mass is 32.2. The van der Waals surface area contributed by atoms with Gasteiger partial charge in [-0.1, -0.05) is 6.07 Å². The molecule has 0 aliphatic heterocycles. The van der Waals surface area contributed by atoms with Crippen LogP contribution in [0.3, 0.4) is 0 Å². The zero-order valence-corrected chi connectivity index (χ0v) is 10.8. The first-order valence-corrected chi connectivity index (χ1v) is 7.08. The standard InChI is InChI=1S/C12H9N3O3S/c1-19(16,17)11-4-2-3-10(5-11)18-12-8-14-9(6-13)7-15-12/h2-5,7-8H,1H3. The van der Waals surface area contributed by atoms with E-state index in [1.165, 1.54) is 24.5 Å². The van der Waals surface area contributed by atoms with Gasteiger partial charge >= 0.3 is 0 Å². The number of nitriles is 1. The first kappa shape index (κ1) is 13.0. The predicted molar refractivity (Wildman–Crippen MR) is 66.4 cm³/mol. The van der Waals surface area contributed by atoms with Crippen LogP contribution in [-0.4, -0.2) is 24.6 Å². The molecule has 0 aliphatic rings. The van der Waals surface area contributed by atoms with Gasteiger partial charge in [0.25, 0.3) is 0 Å². The van der Waals surface area contributed by atoms with Crippen molar-refractivity contribution in [2.24, 2.45) is 0 Å². The molecule has 1 heterocycles. The number of hydrogen-bond acceptors (Lipinski definition) is 6. The third-order valence-electron chi connectivity index (χ3n) is 2.20. The molecule has 2 aromatic rings. The molecule has 96 valence electrons. The molecule has 0 unspecified atom stereocenters. The lowest BCUT2D eigenvalue weighted by Crippen LogP contribution is -1.97. The van der Waals surface area contributed by atoms with Crippen molar-refractivity contribution in [1.29, 1.82) is 5.26 Å². The second-order valence-corrected chi connectivity index (χ2v) is 5.72. The van der Waals surface area contributed by atoms with Gasteiger partial charge < -0.3 is 4.74 Å². The molecule has 6 nitrogen and oxygen atoms in total. The molecule has 0 saturated heterocycles. The number of nitrogens with zero attached hydrogens (tertiary/aromatic N) is 3. The largest absolute Gasteiger partial charge is 0.437 e. The molecule has 19 heavy (non-hydrogen) atoms. The van der Waals surface area contributed by atoms with Gasteiger partial charge in [-0.15, -0.1) is 0 Å². The van der Waals surface area contributed by atoms with Crippen molar-refractivity contribution in [3.63, 3.8) is 0 Å². The first-order valence-electron chi connectivity index (χ1n) is 5.19. The topological polar surface area (TPSA) is 92.9 Å². The van der Waals surface area contributed by atoms with Crippen molar-refractivity contribution in [3.8, 4) is 17.7 Å². The number of aromatic nitrogens is 2. The Labute approximate surface area is 110 Å². The van der Waals surface area contributed by atoms with E-state index in [1.807, 2.05) is 6.07 Å². The van der Waals surface area contributed by atoms with Crippen molar-refractivity contribution in [2.75, 3.05) is 6.26 Å². The van der Waals surface area contributed by atoms with Crippen molar-refractivity contribution >= 4 is 9.84 Å². The molecule has 0 N–H and O–H groups in total. The summed E-state index contributed by atoms with van der Waals surface area (Å²) in [6.07, 6.45) is 3.69. The maximum absolute atomic E-state index is 11.4. The maximum atomic E-state index is 11.4. The first-order chi connectivity index (χ1) is 8.99. The maximum Gasteiger partial charge on any atom is 0.237 e. The summed E-state index contributed by atoms with van der Waals surface area (Å²) in [6.45, 7) is 0. The third-order valence-corrected chi connectivity index (χ3v) is 3.31. The van der Waals surface area contributed by atoms with Crippen LogP contribution in [-0.2, 0) is 9.84 Å². The third kappa shape index (κ3) is 3.26. The highest BCUT2D eigenvalue weighted by Gasteiger charge is 2.08. The lowest BCUT2D eigenvalue weighted by atomic mass is 10.3. The molecule has 1 aromatic heterocycles. The number of rotatable bonds is 3. The van der Waals surface area contributed by atoms with Crippen molar-refractivity contribution < 1.29 is 13.2 Å². The zero-order valence-electron chi connectivity index (χ0n) is 9.94. The Hall–Kier alpha value is -2.46. The van der Waals surface area contributed by atoms with Crippen LogP contribution in [0.2, 0.25) is 0 Å². The Bertz CT molecular complexity index is 734. The van der Waals surface area contributed by atoms with E-state index in [4.69, 9.17) is 10.00 Å². The minimum atomic E-state index is -3.29. The number of sulfone groups is 1. The SMILES string of the molecule is CS(=O)(=O)c1cccc(Oc2cnc(C#N)cn2)c1. The summed E-state index contributed by atoms with van der Waals surface area (Å²) in [5, 5.41) is 8.58. The van der Waals surface area contributed by atoms with Gasteiger partial charge in [0.1, 0.15) is 11.8 Å². The van der Waals surface area contributed by atoms with E-state index < -0.39 is 9.84 Å². The summed E-state index contributed by atoms with van der Waals surface area (Å²) in [4.78, 5) is 7.84. The molecule has 1 aromatic carbocycles. The van der Waals surface area contributed by atoms with Gasteiger partial charge in [-0.25, -0.2) is 18.4 Å². The minimum absolute atomic E-state index is 0.159. The second kappa shape index (κ2) is 5.04. The van der Waals surface area contributed by atoms with E-state index in [0.717, 1.165) is 6.26 Å². The molecule has 0 radical (unpaired) electrons. The molecule has 0 bridgehead atoms. The quantitative estimate of drug-likeness (QED) is 0.843. The monoisotopic (exact) mass is 275 g/mol. The van der Waals surface area contributed by atoms with E-state index in [1.54, 1.807) is 12.1 Å². The normalized spacial score (nSPS) is 10.7. The highest BCUT2D eigenvalue weighted by molar-refractivity contribution is 7.90. The molecule has 0 amide bonds. The molecule has 0 saturated carbocycles. The van der Waals surface area contributed by atoms with Gasteiger partial charge in [0.2, 0.25) is 5.88 Å². The Balaban J connectivity index is 2.26. The van der Waals surface area contributed by atoms with Crippen LogP contribution in [0.25, 0.3) is 0 Å². The Morgan fingerprint density at radius 1 is 1.26 bits per heavy atom. The molecule has 0 fully saturated rings. The van der Waals surface area contributed by atoms with Crippen LogP contribution >= 0.6 is 0 Å². The fourth-order valence-corrected chi connectivity index (χ4v) is 1.97. The average Bonchev–Trinajstić information content (AvgIpc) is 2.39. The number of ether oxygens (including phenoxy) is 1. The van der Waals surface area contributed by atoms with E-state index >= 15 is 0 Å². The van der Waals surface area contributed by atoms with Gasteiger partial charge in [0, 0.05) is 6.26 Å². The van der Waals surface area contributed by atoms with E-state index in [0.29, 0.717) is 5.75 Å². The predicted octanol–water partition coefficient (Wildman–Crippen LogP) is 1.54. The summed E-state index contributed by atoms with van der Waals surface area (Å²) < 4.78 is 28.2. The molecule has 2 rings (SSSR count). The van der Waals surface area contributed by atoms with Crippen LogP contribution in [0.5, 0.6) is 11.6 Å². The van der Waals surface area contributed by atoms with E-state index in [-0.39, 0.29) is 16.5 Å². The smallest absolute Gasteiger partial charge is 0.237 e. The van der Waals surface area contributed by atoms with Gasteiger partial charge in [0.15, 0.2) is 15.5 Å². The van der Waals surface area contributed by atoms with Crippen LogP contribution < -0.4 is 4.74 Å². The number of benzene rings is 1. The van der Waals surface area contributed by atoms with Crippen LogP contribution in [0, 0.1) is 11.3 Å². The fraction of sp³-hybridized carbons (Fsp3) is 0.0833. The van der Waals surface area contributed by atoms with Gasteiger partial charge in [-0.2, -0.15) is 5.26 Å². The summed E-state index contributed by atoms with van der Waals surface area (Å²) in [5.41, 5.74) is 0.178. The lowest BCUT2D eigenvalue weighted by Gasteiger charge is -2.05. The molecule has 0 atom stereocenters. The second-order valence-electron chi connectivity index (χ2n) is 3.70. The Morgan fingerprint density at radius 2 is 2.05 bits per heavy atom. The van der Waals surface area contributed by atoms with Crippen molar-refractivity contribution in [2.45, 2.75) is 4.90 Å². The van der Waals surface area contributed by atoms with Crippen LogP contribution in [0.4, 0.5) is 0 Å². The fourth-order valence-electron chi connectivity index (χ4n) is 1.32. The molecular weight excluding hydrogens is 266 g/mol. The molecule has 0 aliphatic carbocycles. The minimum Gasteiger partial charge on any atom is -0.437 e. The number of hydrogen-bond donors (Lipinski definition) is 0. The lowest BCUT2D eigenvalue weighted by molar-refractivity contribution is 0.458. The highest BCUT2D eigenvalue weighted by Crippen LogP contribution is 2.21. The van der Waals surface area contributed by atoms with E-state index in [9.17, 15) is 8.42 Å². The van der Waals surface area contributed by atoms with Crippen molar-refractivity contribution in [3.05, 3.63) is 42.4 Å². The van der Waals surface area contributed by atoms with Gasteiger partial charge in [0.05, 0.1) is 17.3 Å². The Morgan fingerprint density at radius 3 is 2.63 bits per heavy atom. The Kier molecular flexibility index (Phi) is 3.44. The molecular formula is C12H9N3O3S. The van der Waals surface area contributed by atoms with Crippen LogP contribution in [0.15, 0.2) is 41.6 Å². The summed E-state index contributed by atoms with van der Waals surface area (Å²) >= 11 is 0. The van der Waals surface area contributed by atoms with Crippen LogP contribution in [0.1, 0.15) is 5.69 Å². The zero-order chi connectivity index (χ0) is 13.9.